The van der Waals surface area contributed by atoms with Crippen LogP contribution < -0.4 is 27.8 Å². The largest absolute Gasteiger partial charge is 0.480 e. The van der Waals surface area contributed by atoms with Gasteiger partial charge in [0.05, 0.1) is 0 Å². The van der Waals surface area contributed by atoms with Gasteiger partial charge in [-0.2, -0.15) is 24.4 Å². The molecule has 0 fully saturated rings. The zero-order chi connectivity index (χ0) is 26.8. The van der Waals surface area contributed by atoms with Gasteiger partial charge in [-0.3, -0.25) is 28.8 Å². The summed E-state index contributed by atoms with van der Waals surface area (Å²) < 4.78 is 0. The highest BCUT2D eigenvalue weighted by Gasteiger charge is 2.21. The number of carboxylic acid groups (broad SMARTS) is 4. The normalized spacial score (nSPS) is 13.8. The molecule has 4 atom stereocenters. The third kappa shape index (κ3) is 17.9. The van der Waals surface area contributed by atoms with Crippen molar-refractivity contribution >= 4 is 60.1 Å². The number of rotatable bonds is 16. The van der Waals surface area contributed by atoms with Crippen LogP contribution in [-0.4, -0.2) is 104 Å². The lowest BCUT2D eigenvalue weighted by atomic mass is 10.1. The average molecular weight is 530 g/mol. The maximum atomic E-state index is 11.5. The first-order chi connectivity index (χ1) is 15.7. The first kappa shape index (κ1) is 33.6. The molecule has 0 bridgehead atoms. The fraction of sp³-hybridized carbons (Fsp3) is 0.647. The van der Waals surface area contributed by atoms with Crippen molar-refractivity contribution < 1.29 is 49.2 Å². The summed E-state index contributed by atoms with van der Waals surface area (Å²) in [5, 5.41) is 38.2. The summed E-state index contributed by atoms with van der Waals surface area (Å²) in [5.41, 5.74) is 15.7. The minimum Gasteiger partial charge on any atom is -0.480 e. The first-order valence-corrected chi connectivity index (χ1v) is 11.4. The monoisotopic (exact) mass is 529 g/mol. The summed E-state index contributed by atoms with van der Waals surface area (Å²) in [6.07, 6.45) is 0.0769. The van der Waals surface area contributed by atoms with Crippen molar-refractivity contribution in [1.29, 1.82) is 0 Å². The second-order valence-corrected chi connectivity index (χ2v) is 8.17. The average Bonchev–Trinajstić information content (AvgIpc) is 2.76. The van der Waals surface area contributed by atoms with Gasteiger partial charge < -0.3 is 48.3 Å². The van der Waals surface area contributed by atoms with E-state index in [0.717, 1.165) is 0 Å². The van der Waals surface area contributed by atoms with Gasteiger partial charge in [0.15, 0.2) is 0 Å². The van der Waals surface area contributed by atoms with Crippen molar-refractivity contribution in [2.24, 2.45) is 17.2 Å². The zero-order valence-corrected chi connectivity index (χ0v) is 19.8. The molecule has 0 aromatic rings. The first-order valence-electron chi connectivity index (χ1n) is 9.65. The lowest BCUT2D eigenvalue weighted by Gasteiger charge is -2.16. The standard InChI is InChI=1S/C10H17N3O6S.C7H14N2O4S/c11-5(10(18)19)1-2-7(14)13-6(4-20)9(17)12-3-8(15)16;8-4(6(10)11)1-2-14-3-5(9)7(12)13/h5-6,20H,1-4,11H2,(H,12,17)(H,13,14)(H,15,16)(H,18,19);4-5H,1-3,8-9H2,(H,10,11)(H,12,13)/t;4-,5?/m.0/s1. The van der Waals surface area contributed by atoms with Gasteiger partial charge in [-0.15, -0.1) is 0 Å². The van der Waals surface area contributed by atoms with Crippen LogP contribution in [-0.2, 0) is 28.8 Å². The van der Waals surface area contributed by atoms with Crippen molar-refractivity contribution in [2.45, 2.75) is 43.4 Å². The number of carbonyl (C=O) groups excluding carboxylic acids is 2. The smallest absolute Gasteiger partial charge is 0.322 e. The third-order valence-electron chi connectivity index (χ3n) is 3.75. The number of nitrogens with two attached hydrogens (primary N) is 3. The summed E-state index contributed by atoms with van der Waals surface area (Å²) in [6.45, 7) is -0.567. The van der Waals surface area contributed by atoms with Crippen LogP contribution in [0.4, 0.5) is 0 Å². The molecule has 0 aromatic heterocycles. The number of thioether (sulfide) groups is 1. The molecule has 196 valence electrons. The number of carbonyl (C=O) groups is 6. The Bertz CT molecular complexity index is 690. The van der Waals surface area contributed by atoms with E-state index in [4.69, 9.17) is 37.6 Å². The zero-order valence-electron chi connectivity index (χ0n) is 18.1. The van der Waals surface area contributed by atoms with Crippen molar-refractivity contribution in [3.63, 3.8) is 0 Å². The van der Waals surface area contributed by atoms with Crippen LogP contribution in [0.3, 0.4) is 0 Å². The van der Waals surface area contributed by atoms with E-state index in [1.807, 2.05) is 0 Å². The van der Waals surface area contributed by atoms with Crippen LogP contribution in [0.25, 0.3) is 0 Å². The predicted octanol–water partition coefficient (Wildman–Crippen LogP) is -3.27. The summed E-state index contributed by atoms with van der Waals surface area (Å²) in [5.74, 6) is -5.05. The molecular formula is C17H31N5O10S2. The van der Waals surface area contributed by atoms with Crippen LogP contribution >= 0.6 is 24.4 Å². The van der Waals surface area contributed by atoms with Gasteiger partial charge in [-0.25, -0.2) is 0 Å². The Labute approximate surface area is 204 Å². The van der Waals surface area contributed by atoms with E-state index in [-0.39, 0.29) is 24.3 Å². The van der Waals surface area contributed by atoms with E-state index in [2.05, 4.69) is 23.3 Å². The molecule has 0 rings (SSSR count). The predicted molar refractivity (Wildman–Crippen MR) is 124 cm³/mol. The lowest BCUT2D eigenvalue weighted by Crippen LogP contribution is -2.49. The minimum absolute atomic E-state index is 0.0256. The molecule has 34 heavy (non-hydrogen) atoms. The van der Waals surface area contributed by atoms with Crippen molar-refractivity contribution in [3.8, 4) is 0 Å². The number of thiol groups is 1. The number of nitrogens with one attached hydrogen (secondary N) is 2. The lowest BCUT2D eigenvalue weighted by molar-refractivity contribution is -0.139. The Balaban J connectivity index is 0. The number of carboxylic acids is 4. The SMILES string of the molecule is NC(CCC(=O)NC(CS)C(=O)NCC(=O)O)C(=O)O.NC(CSCC[C@H](N)C(=O)O)C(=O)O. The van der Waals surface area contributed by atoms with Gasteiger partial charge in [0.25, 0.3) is 0 Å². The van der Waals surface area contributed by atoms with Crippen LogP contribution in [0.1, 0.15) is 19.3 Å². The summed E-state index contributed by atoms with van der Waals surface area (Å²) in [4.78, 5) is 64.3. The minimum atomic E-state index is -1.22. The van der Waals surface area contributed by atoms with Crippen molar-refractivity contribution in [1.82, 2.24) is 10.6 Å². The van der Waals surface area contributed by atoms with Gasteiger partial charge >= 0.3 is 23.9 Å². The Morgan fingerprint density at radius 3 is 1.76 bits per heavy atom. The van der Waals surface area contributed by atoms with E-state index in [1.165, 1.54) is 11.8 Å². The van der Waals surface area contributed by atoms with Gasteiger partial charge in [0.2, 0.25) is 11.8 Å². The Hall–Kier alpha value is -2.60. The van der Waals surface area contributed by atoms with E-state index in [0.29, 0.717) is 12.2 Å². The third-order valence-corrected chi connectivity index (χ3v) is 5.24. The van der Waals surface area contributed by atoms with Crippen LogP contribution in [0.2, 0.25) is 0 Å². The fourth-order valence-electron chi connectivity index (χ4n) is 1.77. The fourth-order valence-corrected chi connectivity index (χ4v) is 3.01. The molecule has 0 aliphatic carbocycles. The second kappa shape index (κ2) is 18.8. The number of amides is 2. The molecule has 17 heteroatoms. The molecule has 0 aliphatic heterocycles. The number of aliphatic carboxylic acids is 4. The highest BCUT2D eigenvalue weighted by atomic mass is 32.2. The molecule has 0 aromatic carbocycles. The summed E-state index contributed by atoms with van der Waals surface area (Å²) in [7, 11) is 0. The van der Waals surface area contributed by atoms with Crippen molar-refractivity contribution in [3.05, 3.63) is 0 Å². The van der Waals surface area contributed by atoms with Crippen LogP contribution in [0.5, 0.6) is 0 Å². The molecule has 3 unspecified atom stereocenters. The molecule has 12 N–H and O–H groups in total. The number of hydrogen-bond donors (Lipinski definition) is 10. The molecule has 0 spiro atoms. The highest BCUT2D eigenvalue weighted by molar-refractivity contribution is 7.99. The highest BCUT2D eigenvalue weighted by Crippen LogP contribution is 2.05. The van der Waals surface area contributed by atoms with Gasteiger partial charge in [0, 0.05) is 17.9 Å². The topological polar surface area (TPSA) is 285 Å². The van der Waals surface area contributed by atoms with E-state index in [9.17, 15) is 28.8 Å². The maximum absolute atomic E-state index is 11.5. The molecule has 0 saturated carbocycles. The number of hydrogen-bond acceptors (Lipinski definition) is 11. The Kier molecular flexibility index (Phi) is 18.5. The Morgan fingerprint density at radius 1 is 0.824 bits per heavy atom. The molecule has 15 nitrogen and oxygen atoms in total. The van der Waals surface area contributed by atoms with E-state index < -0.39 is 66.4 Å². The van der Waals surface area contributed by atoms with E-state index in [1.54, 1.807) is 0 Å². The van der Waals surface area contributed by atoms with E-state index >= 15 is 0 Å². The maximum Gasteiger partial charge on any atom is 0.322 e. The molecule has 0 aliphatic rings. The molecule has 0 heterocycles. The van der Waals surface area contributed by atoms with Gasteiger partial charge in [0.1, 0.15) is 30.7 Å². The van der Waals surface area contributed by atoms with Gasteiger partial charge in [-0.05, 0) is 18.6 Å². The molecule has 0 saturated heterocycles. The second-order valence-electron chi connectivity index (χ2n) is 6.65. The van der Waals surface area contributed by atoms with Crippen LogP contribution in [0.15, 0.2) is 0 Å². The van der Waals surface area contributed by atoms with Gasteiger partial charge in [-0.1, -0.05) is 0 Å². The van der Waals surface area contributed by atoms with Crippen molar-refractivity contribution in [2.75, 3.05) is 23.8 Å². The summed E-state index contributed by atoms with van der Waals surface area (Å²) >= 11 is 5.16. The molecule has 2 amide bonds. The Morgan fingerprint density at radius 2 is 1.32 bits per heavy atom. The summed E-state index contributed by atoms with van der Waals surface area (Å²) in [6, 6.07) is -3.94. The quantitative estimate of drug-likeness (QED) is 0.0693. The molecule has 0 radical (unpaired) electrons. The molecular weight excluding hydrogens is 498 g/mol. The van der Waals surface area contributed by atoms with Crippen LogP contribution in [0, 0.1) is 0 Å².